The molecule has 0 aliphatic carbocycles. The number of hydrogen-bond donors (Lipinski definition) is 0. The lowest BCUT2D eigenvalue weighted by Crippen LogP contribution is -2.45. The van der Waals surface area contributed by atoms with Gasteiger partial charge in [-0.15, -0.1) is 4.40 Å². The molecule has 6 rings (SSSR count). The third-order valence-corrected chi connectivity index (χ3v) is 7.94. The van der Waals surface area contributed by atoms with Gasteiger partial charge in [0.1, 0.15) is 11.5 Å². The molecule has 39 heavy (non-hydrogen) atoms. The third-order valence-electron chi connectivity index (χ3n) is 7.05. The fraction of sp³-hybridized carbons (Fsp3) is 0.156. The zero-order valence-electron chi connectivity index (χ0n) is 22.2. The quantitative estimate of drug-likeness (QED) is 0.244. The topological polar surface area (TPSA) is 43.5 Å². The maximum absolute atomic E-state index is 5.67. The number of ether oxygens (including phenoxy) is 2. The normalized spacial score (nSPS) is 11.2. The highest BCUT2D eigenvalue weighted by Gasteiger charge is 2.29. The minimum atomic E-state index is 0.667. The van der Waals surface area contributed by atoms with Gasteiger partial charge in [0.25, 0.3) is 17.1 Å². The Bertz CT molecular complexity index is 1770. The number of aryl methyl sites for hydroxylation is 1. The van der Waals surface area contributed by atoms with Crippen molar-refractivity contribution in [2.75, 3.05) is 14.2 Å². The van der Waals surface area contributed by atoms with Gasteiger partial charge in [-0.3, -0.25) is 0 Å². The molecule has 0 atom stereocenters. The number of oxazole rings is 1. The van der Waals surface area contributed by atoms with Crippen molar-refractivity contribution in [2.24, 2.45) is 0 Å². The molecule has 2 aromatic carbocycles. The van der Waals surface area contributed by atoms with Crippen molar-refractivity contribution in [2.45, 2.75) is 20.0 Å². The summed E-state index contributed by atoms with van der Waals surface area (Å²) in [6.45, 7) is 3.53. The Hall–Kier alpha value is -4.49. The molecule has 194 valence electrons. The lowest BCUT2D eigenvalue weighted by molar-refractivity contribution is -0.715. The molecule has 0 saturated heterocycles. The Balaban J connectivity index is 1.48. The Morgan fingerprint density at radius 1 is 0.744 bits per heavy atom. The lowest BCUT2D eigenvalue weighted by Gasteiger charge is -2.12. The van der Waals surface area contributed by atoms with E-state index in [4.69, 9.17) is 13.9 Å². The maximum atomic E-state index is 5.67. The van der Waals surface area contributed by atoms with E-state index in [2.05, 4.69) is 98.9 Å². The van der Waals surface area contributed by atoms with Gasteiger partial charge in [0.15, 0.2) is 25.2 Å². The number of rotatable bonds is 8. The van der Waals surface area contributed by atoms with Crippen LogP contribution < -0.4 is 23.0 Å². The summed E-state index contributed by atoms with van der Waals surface area (Å²) in [7, 11) is 3.40. The van der Waals surface area contributed by atoms with Crippen LogP contribution in [0, 0.1) is 6.92 Å². The average molecular weight is 537 g/mol. The van der Waals surface area contributed by atoms with Crippen molar-refractivity contribution < 1.29 is 27.4 Å². The van der Waals surface area contributed by atoms with E-state index in [1.807, 2.05) is 18.3 Å². The van der Waals surface area contributed by atoms with Gasteiger partial charge >= 0.3 is 5.03 Å². The van der Waals surface area contributed by atoms with Crippen LogP contribution in [0.1, 0.15) is 16.8 Å². The highest BCUT2D eigenvalue weighted by Crippen LogP contribution is 2.28. The van der Waals surface area contributed by atoms with Gasteiger partial charge in [-0.05, 0) is 35.0 Å². The molecule has 6 aromatic rings. The van der Waals surface area contributed by atoms with Crippen LogP contribution >= 0.6 is 11.3 Å². The van der Waals surface area contributed by atoms with Crippen LogP contribution in [0.25, 0.3) is 27.5 Å². The largest absolute Gasteiger partial charge is 0.496 e. The summed E-state index contributed by atoms with van der Waals surface area (Å²) in [6, 6.07) is 25.3. The van der Waals surface area contributed by atoms with Gasteiger partial charge in [-0.25, -0.2) is 0 Å². The number of pyridine rings is 2. The van der Waals surface area contributed by atoms with E-state index in [1.165, 1.54) is 22.3 Å². The van der Waals surface area contributed by atoms with Crippen LogP contribution in [0.2, 0.25) is 0 Å². The average Bonchev–Trinajstić information content (AvgIpc) is 3.59. The Kier molecular flexibility index (Phi) is 6.82. The summed E-state index contributed by atoms with van der Waals surface area (Å²) in [5.74, 6) is 1.59. The predicted molar refractivity (Wildman–Crippen MR) is 150 cm³/mol. The zero-order chi connectivity index (χ0) is 26.8. The zero-order valence-corrected chi connectivity index (χ0v) is 23.0. The van der Waals surface area contributed by atoms with Crippen molar-refractivity contribution >= 4 is 16.4 Å². The second-order valence-corrected chi connectivity index (χ2v) is 10.2. The van der Waals surface area contributed by atoms with Crippen LogP contribution in [0.4, 0.5) is 0 Å². The van der Waals surface area contributed by atoms with E-state index >= 15 is 0 Å². The molecule has 4 aromatic heterocycles. The van der Waals surface area contributed by atoms with Crippen LogP contribution in [-0.4, -0.2) is 14.2 Å². The van der Waals surface area contributed by atoms with Gasteiger partial charge in [0.2, 0.25) is 12.7 Å². The summed E-state index contributed by atoms with van der Waals surface area (Å²) >= 11 is 1.59. The Morgan fingerprint density at radius 3 is 2.08 bits per heavy atom. The molecule has 0 bridgehead atoms. The first kappa shape index (κ1) is 24.8. The van der Waals surface area contributed by atoms with E-state index in [-0.39, 0.29) is 0 Å². The van der Waals surface area contributed by atoms with Gasteiger partial charge in [0.05, 0.1) is 31.7 Å². The predicted octanol–water partition coefficient (Wildman–Crippen LogP) is 5.41. The SMILES string of the molecule is COc1cc[n+](Cc2ccccc2-c2ccccc2C)c(-c2cc(OC)cc[n+]2Cc2csc3occ[n+]23)c1. The smallest absolute Gasteiger partial charge is 0.441 e. The van der Waals surface area contributed by atoms with E-state index in [1.54, 1.807) is 31.8 Å². The number of benzene rings is 2. The van der Waals surface area contributed by atoms with Crippen molar-refractivity contribution in [1.29, 1.82) is 0 Å². The van der Waals surface area contributed by atoms with Crippen molar-refractivity contribution in [3.05, 3.63) is 120 Å². The Morgan fingerprint density at radius 2 is 1.38 bits per heavy atom. The number of methoxy groups -OCH3 is 2. The van der Waals surface area contributed by atoms with E-state index in [0.717, 1.165) is 33.6 Å². The lowest BCUT2D eigenvalue weighted by atomic mass is 9.96. The van der Waals surface area contributed by atoms with Crippen LogP contribution in [0.15, 0.2) is 107 Å². The molecule has 6 nitrogen and oxygen atoms in total. The van der Waals surface area contributed by atoms with Gasteiger partial charge in [-0.2, -0.15) is 9.13 Å². The first-order chi connectivity index (χ1) is 19.1. The summed E-state index contributed by atoms with van der Waals surface area (Å²) in [5, 5.41) is 3.00. The highest BCUT2D eigenvalue weighted by molar-refractivity contribution is 7.14. The van der Waals surface area contributed by atoms with Crippen LogP contribution in [0.5, 0.6) is 11.5 Å². The van der Waals surface area contributed by atoms with E-state index in [9.17, 15) is 0 Å². The molecule has 0 N–H and O–H groups in total. The highest BCUT2D eigenvalue weighted by atomic mass is 32.1. The molecule has 4 heterocycles. The monoisotopic (exact) mass is 536 g/mol. The second kappa shape index (κ2) is 10.7. The van der Waals surface area contributed by atoms with Gasteiger partial charge < -0.3 is 13.9 Å². The minimum absolute atomic E-state index is 0.667. The first-order valence-electron chi connectivity index (χ1n) is 12.8. The number of thiazole rings is 1. The van der Waals surface area contributed by atoms with E-state index in [0.29, 0.717) is 13.1 Å². The fourth-order valence-electron chi connectivity index (χ4n) is 5.00. The second-order valence-electron chi connectivity index (χ2n) is 9.40. The van der Waals surface area contributed by atoms with E-state index < -0.39 is 0 Å². The van der Waals surface area contributed by atoms with Crippen molar-refractivity contribution in [3.8, 4) is 34.0 Å². The summed E-state index contributed by atoms with van der Waals surface area (Å²) < 4.78 is 23.5. The fourth-order valence-corrected chi connectivity index (χ4v) is 5.83. The number of aromatic nitrogens is 3. The molecule has 0 spiro atoms. The minimum Gasteiger partial charge on any atom is -0.496 e. The summed E-state index contributed by atoms with van der Waals surface area (Å²) in [5.41, 5.74) is 8.17. The Labute approximate surface area is 231 Å². The molecule has 0 unspecified atom stereocenters. The van der Waals surface area contributed by atoms with Gasteiger partial charge in [-0.1, -0.05) is 48.5 Å². The van der Waals surface area contributed by atoms with Crippen LogP contribution in [0.3, 0.4) is 0 Å². The molecular formula is C32H30N3O3S+3. The molecule has 0 saturated carbocycles. The molecule has 0 fully saturated rings. The number of nitrogens with zero attached hydrogens (tertiary/aromatic N) is 3. The molecule has 0 radical (unpaired) electrons. The van der Waals surface area contributed by atoms with Gasteiger partial charge in [0, 0.05) is 17.7 Å². The standard InChI is InChI=1S/C32H30N3O3S/c1-23-8-4-6-10-28(23)29-11-7-5-9-24(29)20-33-14-12-26(36-2)18-30(33)31-19-27(37-3)13-15-34(31)21-25-22-39-32-35(25)16-17-38-32/h4-19,22H,20-21H2,1-3H3/q+3. The summed E-state index contributed by atoms with van der Waals surface area (Å²) in [4.78, 5) is 0. The number of hydrogen-bond acceptors (Lipinski definition) is 4. The number of fused-ring (bicyclic) bond motifs is 1. The first-order valence-corrected chi connectivity index (χ1v) is 13.7. The van der Waals surface area contributed by atoms with Crippen molar-refractivity contribution in [3.63, 3.8) is 0 Å². The molecule has 0 aliphatic heterocycles. The van der Waals surface area contributed by atoms with Crippen LogP contribution in [-0.2, 0) is 13.1 Å². The molecule has 0 amide bonds. The maximum Gasteiger partial charge on any atom is 0.441 e. The molecule has 0 aliphatic rings. The summed E-state index contributed by atoms with van der Waals surface area (Å²) in [6.07, 6.45) is 7.85. The van der Waals surface area contributed by atoms with Crippen molar-refractivity contribution in [1.82, 2.24) is 0 Å². The molecule has 7 heteroatoms. The molecular weight excluding hydrogens is 506 g/mol. The third kappa shape index (κ3) is 4.89.